The lowest BCUT2D eigenvalue weighted by Crippen LogP contribution is -2.23. The Balaban J connectivity index is 1.88. The molecule has 0 radical (unpaired) electrons. The van der Waals surface area contributed by atoms with E-state index in [0.29, 0.717) is 15.3 Å². The van der Waals surface area contributed by atoms with Crippen molar-refractivity contribution in [3.05, 3.63) is 65.5 Å². The predicted molar refractivity (Wildman–Crippen MR) is 98.1 cm³/mol. The van der Waals surface area contributed by atoms with Crippen LogP contribution in [0, 0.1) is 6.92 Å². The van der Waals surface area contributed by atoms with Crippen molar-refractivity contribution in [2.45, 2.75) is 6.92 Å². The molecule has 0 N–H and O–H groups in total. The minimum Gasteiger partial charge on any atom is -0.266 e. The Kier molecular flexibility index (Phi) is 3.63. The first-order chi connectivity index (χ1) is 11.1. The van der Waals surface area contributed by atoms with Gasteiger partial charge in [-0.1, -0.05) is 39.4 Å². The molecule has 1 aromatic carbocycles. The molecule has 7 heteroatoms. The number of aromatic nitrogens is 3. The SMILES string of the molecule is Cc1ccsc1C=c1sc2nc(-c3ccccc3Br)nn2c1=O. The van der Waals surface area contributed by atoms with Crippen LogP contribution < -0.4 is 10.1 Å². The first-order valence-electron chi connectivity index (χ1n) is 6.84. The van der Waals surface area contributed by atoms with E-state index < -0.39 is 0 Å². The fourth-order valence-electron chi connectivity index (χ4n) is 2.24. The minimum absolute atomic E-state index is 0.122. The van der Waals surface area contributed by atoms with Crippen LogP contribution in [0.3, 0.4) is 0 Å². The summed E-state index contributed by atoms with van der Waals surface area (Å²) in [5, 5.41) is 6.39. The van der Waals surface area contributed by atoms with Crippen LogP contribution in [0.4, 0.5) is 0 Å². The van der Waals surface area contributed by atoms with E-state index in [1.54, 1.807) is 11.3 Å². The molecule has 3 heterocycles. The smallest absolute Gasteiger partial charge is 0.266 e. The second-order valence-corrected chi connectivity index (χ2v) is 7.80. The number of fused-ring (bicyclic) bond motifs is 1. The van der Waals surface area contributed by atoms with Gasteiger partial charge in [-0.2, -0.15) is 9.50 Å². The zero-order valence-electron chi connectivity index (χ0n) is 12.0. The summed E-state index contributed by atoms with van der Waals surface area (Å²) in [4.78, 5) is 18.7. The monoisotopic (exact) mass is 403 g/mol. The standard InChI is InChI=1S/C16H10BrN3OS2/c1-9-6-7-22-12(9)8-13-15(21)20-16(23-13)18-14(19-20)10-4-2-3-5-11(10)17/h2-8H,1H3. The first-order valence-corrected chi connectivity index (χ1v) is 9.33. The molecule has 4 aromatic rings. The largest absolute Gasteiger partial charge is 0.291 e. The highest BCUT2D eigenvalue weighted by Crippen LogP contribution is 2.25. The number of hydrogen-bond donors (Lipinski definition) is 0. The molecule has 4 rings (SSSR count). The van der Waals surface area contributed by atoms with Gasteiger partial charge >= 0.3 is 0 Å². The molecule has 0 saturated carbocycles. The number of rotatable bonds is 2. The third kappa shape index (κ3) is 2.54. The number of nitrogens with zero attached hydrogens (tertiary/aromatic N) is 3. The van der Waals surface area contributed by atoms with Crippen LogP contribution in [0.15, 0.2) is 45.0 Å². The fourth-order valence-corrected chi connectivity index (χ4v) is 4.53. The van der Waals surface area contributed by atoms with E-state index in [0.717, 1.165) is 14.9 Å². The van der Waals surface area contributed by atoms with E-state index in [2.05, 4.69) is 26.0 Å². The van der Waals surface area contributed by atoms with Gasteiger partial charge in [-0.25, -0.2) is 0 Å². The third-order valence-corrected chi connectivity index (χ3v) is 6.08. The molecular formula is C16H10BrN3OS2. The van der Waals surface area contributed by atoms with Crippen LogP contribution in [0.1, 0.15) is 10.4 Å². The van der Waals surface area contributed by atoms with Gasteiger partial charge in [-0.3, -0.25) is 4.79 Å². The van der Waals surface area contributed by atoms with Gasteiger partial charge in [0, 0.05) is 14.9 Å². The van der Waals surface area contributed by atoms with E-state index >= 15 is 0 Å². The number of benzene rings is 1. The molecular weight excluding hydrogens is 394 g/mol. The second-order valence-electron chi connectivity index (χ2n) is 4.99. The summed E-state index contributed by atoms with van der Waals surface area (Å²) in [5.41, 5.74) is 1.92. The lowest BCUT2D eigenvalue weighted by atomic mass is 10.2. The van der Waals surface area contributed by atoms with Gasteiger partial charge in [-0.15, -0.1) is 16.4 Å². The third-order valence-electron chi connectivity index (χ3n) is 3.46. The Morgan fingerprint density at radius 1 is 1.26 bits per heavy atom. The maximum absolute atomic E-state index is 12.5. The van der Waals surface area contributed by atoms with Gasteiger partial charge in [-0.05, 0) is 42.1 Å². The van der Waals surface area contributed by atoms with Crippen LogP contribution in [0.25, 0.3) is 22.4 Å². The topological polar surface area (TPSA) is 47.3 Å². The van der Waals surface area contributed by atoms with E-state index in [-0.39, 0.29) is 5.56 Å². The van der Waals surface area contributed by atoms with Crippen LogP contribution >= 0.6 is 38.6 Å². The first kappa shape index (κ1) is 14.7. The van der Waals surface area contributed by atoms with Crippen molar-refractivity contribution < 1.29 is 0 Å². The van der Waals surface area contributed by atoms with Crippen LogP contribution in [-0.4, -0.2) is 14.6 Å². The summed E-state index contributed by atoms with van der Waals surface area (Å²) in [6.07, 6.45) is 1.92. The van der Waals surface area contributed by atoms with Crippen molar-refractivity contribution in [3.63, 3.8) is 0 Å². The van der Waals surface area contributed by atoms with Gasteiger partial charge in [0.2, 0.25) is 4.96 Å². The average Bonchev–Trinajstić information content (AvgIpc) is 3.19. The second kappa shape index (κ2) is 5.67. The fraction of sp³-hybridized carbons (Fsp3) is 0.0625. The van der Waals surface area contributed by atoms with E-state index in [4.69, 9.17) is 0 Å². The Bertz CT molecular complexity index is 1130. The molecule has 0 bridgehead atoms. The number of thiazole rings is 1. The lowest BCUT2D eigenvalue weighted by molar-refractivity contribution is 0.936. The number of hydrogen-bond acceptors (Lipinski definition) is 5. The summed E-state index contributed by atoms with van der Waals surface area (Å²) in [7, 11) is 0. The Labute approximate surface area is 147 Å². The van der Waals surface area contributed by atoms with Crippen LogP contribution in [-0.2, 0) is 0 Å². The maximum atomic E-state index is 12.5. The molecule has 0 unspecified atom stereocenters. The summed E-state index contributed by atoms with van der Waals surface area (Å²) in [6.45, 7) is 2.04. The number of aryl methyl sites for hydroxylation is 1. The Hall–Kier alpha value is -1.83. The molecule has 4 nitrogen and oxygen atoms in total. The lowest BCUT2D eigenvalue weighted by Gasteiger charge is -1.96. The van der Waals surface area contributed by atoms with E-state index in [1.165, 1.54) is 21.4 Å². The van der Waals surface area contributed by atoms with Gasteiger partial charge in [0.15, 0.2) is 5.82 Å². The van der Waals surface area contributed by atoms with Gasteiger partial charge < -0.3 is 0 Å². The average molecular weight is 404 g/mol. The van der Waals surface area contributed by atoms with Crippen LogP contribution in [0.5, 0.6) is 0 Å². The van der Waals surface area contributed by atoms with Gasteiger partial charge in [0.1, 0.15) is 0 Å². The van der Waals surface area contributed by atoms with Crippen molar-refractivity contribution >= 4 is 49.6 Å². The molecule has 23 heavy (non-hydrogen) atoms. The van der Waals surface area contributed by atoms with Crippen molar-refractivity contribution in [2.75, 3.05) is 0 Å². The van der Waals surface area contributed by atoms with Crippen molar-refractivity contribution in [2.24, 2.45) is 0 Å². The summed E-state index contributed by atoms with van der Waals surface area (Å²) < 4.78 is 2.95. The highest BCUT2D eigenvalue weighted by molar-refractivity contribution is 9.10. The van der Waals surface area contributed by atoms with Gasteiger partial charge in [0.25, 0.3) is 5.56 Å². The highest BCUT2D eigenvalue weighted by atomic mass is 79.9. The van der Waals surface area contributed by atoms with Crippen molar-refractivity contribution in [1.29, 1.82) is 0 Å². The van der Waals surface area contributed by atoms with Crippen LogP contribution in [0.2, 0.25) is 0 Å². The summed E-state index contributed by atoms with van der Waals surface area (Å²) >= 11 is 6.48. The molecule has 0 fully saturated rings. The van der Waals surface area contributed by atoms with E-state index in [9.17, 15) is 4.79 Å². The molecule has 3 aromatic heterocycles. The maximum Gasteiger partial charge on any atom is 0.291 e. The molecule has 0 spiro atoms. The number of thiophene rings is 1. The zero-order chi connectivity index (χ0) is 16.0. The molecule has 0 atom stereocenters. The molecule has 114 valence electrons. The summed E-state index contributed by atoms with van der Waals surface area (Å²) in [5.74, 6) is 0.555. The quantitative estimate of drug-likeness (QED) is 0.514. The molecule has 0 aliphatic heterocycles. The number of halogens is 1. The highest BCUT2D eigenvalue weighted by Gasteiger charge is 2.13. The Morgan fingerprint density at radius 2 is 2.09 bits per heavy atom. The van der Waals surface area contributed by atoms with E-state index in [1.807, 2.05) is 48.7 Å². The molecule has 0 amide bonds. The summed E-state index contributed by atoms with van der Waals surface area (Å²) in [6, 6.07) is 9.76. The minimum atomic E-state index is -0.122. The molecule has 0 saturated heterocycles. The van der Waals surface area contributed by atoms with Gasteiger partial charge in [0.05, 0.1) is 4.53 Å². The zero-order valence-corrected chi connectivity index (χ0v) is 15.2. The normalized spacial score (nSPS) is 12.3. The molecule has 0 aliphatic rings. The van der Waals surface area contributed by atoms with Crippen molar-refractivity contribution in [1.82, 2.24) is 14.6 Å². The molecule has 0 aliphatic carbocycles. The van der Waals surface area contributed by atoms with Crippen molar-refractivity contribution in [3.8, 4) is 11.4 Å². The predicted octanol–water partition coefficient (Wildman–Crippen LogP) is 3.50. The Morgan fingerprint density at radius 3 is 2.78 bits per heavy atom.